The third-order valence-corrected chi connectivity index (χ3v) is 4.89. The Morgan fingerprint density at radius 1 is 1.43 bits per heavy atom. The van der Waals surface area contributed by atoms with Crippen LogP contribution in [0, 0.1) is 0 Å². The lowest BCUT2D eigenvalue weighted by molar-refractivity contribution is -0.135. The number of thioether (sulfide) groups is 1. The lowest BCUT2D eigenvalue weighted by Gasteiger charge is -2.32. The molecule has 0 spiro atoms. The molecule has 3 rings (SSSR count). The van der Waals surface area contributed by atoms with E-state index in [1.54, 1.807) is 23.7 Å². The maximum Gasteiger partial charge on any atom is 0.262 e. The zero-order chi connectivity index (χ0) is 14.8. The number of amides is 2. The van der Waals surface area contributed by atoms with Crippen LogP contribution in [0.15, 0.2) is 29.2 Å². The number of hydrogen-bond acceptors (Lipinski definition) is 4. The van der Waals surface area contributed by atoms with Gasteiger partial charge in [0, 0.05) is 36.7 Å². The highest BCUT2D eigenvalue weighted by atomic mass is 32.2. The molecular weight excluding hydrogens is 288 g/mol. The number of hydrogen-bond donors (Lipinski definition) is 1. The van der Waals surface area contributed by atoms with Crippen LogP contribution in [0.25, 0.3) is 0 Å². The van der Waals surface area contributed by atoms with E-state index in [9.17, 15) is 9.59 Å². The maximum absolute atomic E-state index is 12.3. The molecular formula is C15H18N2O3S. The molecule has 0 radical (unpaired) electrons. The van der Waals surface area contributed by atoms with Crippen LogP contribution in [0.3, 0.4) is 0 Å². The quantitative estimate of drug-likeness (QED) is 0.894. The van der Waals surface area contributed by atoms with Crippen LogP contribution < -0.4 is 10.1 Å². The number of ether oxygens (including phenoxy) is 1. The van der Waals surface area contributed by atoms with E-state index < -0.39 is 6.10 Å². The summed E-state index contributed by atoms with van der Waals surface area (Å²) in [5, 5.41) is 3.00. The summed E-state index contributed by atoms with van der Waals surface area (Å²) in [6.45, 7) is 0.570. The van der Waals surface area contributed by atoms with Crippen molar-refractivity contribution in [2.45, 2.75) is 29.9 Å². The van der Waals surface area contributed by atoms with Crippen molar-refractivity contribution < 1.29 is 14.3 Å². The van der Waals surface area contributed by atoms with Gasteiger partial charge in [-0.25, -0.2) is 0 Å². The van der Waals surface area contributed by atoms with E-state index >= 15 is 0 Å². The number of likely N-dealkylation sites (N-methyl/N-ethyl adjacent to an activating group) is 1. The third kappa shape index (κ3) is 3.15. The summed E-state index contributed by atoms with van der Waals surface area (Å²) in [6.07, 6.45) is 0.725. The number of nitrogens with zero attached hydrogens (tertiary/aromatic N) is 1. The molecule has 2 aliphatic heterocycles. The number of piperidine rings is 1. The van der Waals surface area contributed by atoms with Gasteiger partial charge in [0.05, 0.1) is 0 Å². The first-order valence-electron chi connectivity index (χ1n) is 7.06. The number of nitrogens with one attached hydrogen (secondary N) is 1. The van der Waals surface area contributed by atoms with Crippen LogP contribution in [0.1, 0.15) is 12.8 Å². The molecule has 2 aliphatic rings. The van der Waals surface area contributed by atoms with Gasteiger partial charge in [0.1, 0.15) is 5.75 Å². The van der Waals surface area contributed by atoms with Crippen molar-refractivity contribution in [2.24, 2.45) is 0 Å². The topological polar surface area (TPSA) is 58.6 Å². The summed E-state index contributed by atoms with van der Waals surface area (Å²) >= 11 is 1.64. The predicted octanol–water partition coefficient (Wildman–Crippen LogP) is 1.28. The van der Waals surface area contributed by atoms with Gasteiger partial charge in [-0.2, -0.15) is 0 Å². The van der Waals surface area contributed by atoms with Gasteiger partial charge in [-0.15, -0.1) is 11.8 Å². The standard InChI is InChI=1S/C15H18N2O3S/c1-17-8-10(6-7-14(17)18)16-15(19)12-9-21-13-5-3-2-4-11(13)20-12/h2-5,10,12H,6-9H2,1H3,(H,16,19). The van der Waals surface area contributed by atoms with E-state index in [0.29, 0.717) is 25.1 Å². The SMILES string of the molecule is CN1CC(NC(=O)C2CSc3ccccc3O2)CCC1=O. The van der Waals surface area contributed by atoms with Crippen LogP contribution in [0.2, 0.25) is 0 Å². The fourth-order valence-corrected chi connectivity index (χ4v) is 3.56. The van der Waals surface area contributed by atoms with Crippen molar-refractivity contribution in [3.8, 4) is 5.75 Å². The molecule has 5 nitrogen and oxygen atoms in total. The Balaban J connectivity index is 1.58. The molecule has 1 fully saturated rings. The summed E-state index contributed by atoms with van der Waals surface area (Å²) in [4.78, 5) is 26.5. The molecule has 2 heterocycles. The van der Waals surface area contributed by atoms with Gasteiger partial charge in [-0.1, -0.05) is 12.1 Å². The van der Waals surface area contributed by atoms with Crippen molar-refractivity contribution in [1.29, 1.82) is 0 Å². The summed E-state index contributed by atoms with van der Waals surface area (Å²) < 4.78 is 5.77. The largest absolute Gasteiger partial charge is 0.479 e. The zero-order valence-corrected chi connectivity index (χ0v) is 12.7. The van der Waals surface area contributed by atoms with Crippen molar-refractivity contribution in [3.05, 3.63) is 24.3 Å². The number of carbonyl (C=O) groups excluding carboxylic acids is 2. The van der Waals surface area contributed by atoms with Crippen molar-refractivity contribution in [1.82, 2.24) is 10.2 Å². The van der Waals surface area contributed by atoms with Crippen molar-refractivity contribution in [2.75, 3.05) is 19.3 Å². The first kappa shape index (κ1) is 14.3. The molecule has 0 aliphatic carbocycles. The second-order valence-electron chi connectivity index (χ2n) is 5.38. The number of rotatable bonds is 2. The third-order valence-electron chi connectivity index (χ3n) is 3.77. The zero-order valence-electron chi connectivity index (χ0n) is 11.9. The summed E-state index contributed by atoms with van der Waals surface area (Å²) in [6, 6.07) is 7.77. The summed E-state index contributed by atoms with van der Waals surface area (Å²) in [7, 11) is 1.77. The van der Waals surface area contributed by atoms with Gasteiger partial charge < -0.3 is 15.0 Å². The highest BCUT2D eigenvalue weighted by Crippen LogP contribution is 2.34. The number of likely N-dealkylation sites (tertiary alicyclic amines) is 1. The van der Waals surface area contributed by atoms with E-state index in [1.165, 1.54) is 0 Å². The molecule has 1 aromatic rings. The highest BCUT2D eigenvalue weighted by Gasteiger charge is 2.30. The van der Waals surface area contributed by atoms with E-state index in [2.05, 4.69) is 5.32 Å². The molecule has 0 bridgehead atoms. The average Bonchev–Trinajstić information content (AvgIpc) is 2.50. The molecule has 6 heteroatoms. The lowest BCUT2D eigenvalue weighted by atomic mass is 10.1. The minimum absolute atomic E-state index is 0.0194. The van der Waals surface area contributed by atoms with Crippen LogP contribution in [0.5, 0.6) is 5.75 Å². The molecule has 2 amide bonds. The van der Waals surface area contributed by atoms with Gasteiger partial charge in [0.2, 0.25) is 5.91 Å². The molecule has 1 saturated heterocycles. The predicted molar refractivity (Wildman–Crippen MR) is 80.4 cm³/mol. The Labute approximate surface area is 128 Å². The number of carbonyl (C=O) groups is 2. The second-order valence-corrected chi connectivity index (χ2v) is 6.44. The van der Waals surface area contributed by atoms with Crippen LogP contribution in [0.4, 0.5) is 0 Å². The Morgan fingerprint density at radius 3 is 3.05 bits per heavy atom. The monoisotopic (exact) mass is 306 g/mol. The fourth-order valence-electron chi connectivity index (χ4n) is 2.57. The van der Waals surface area contributed by atoms with E-state index in [4.69, 9.17) is 4.74 Å². The number of benzene rings is 1. The van der Waals surface area contributed by atoms with Gasteiger partial charge in [0.25, 0.3) is 5.91 Å². The smallest absolute Gasteiger partial charge is 0.262 e. The molecule has 112 valence electrons. The van der Waals surface area contributed by atoms with Gasteiger partial charge in [0.15, 0.2) is 6.10 Å². The molecule has 0 aromatic heterocycles. The molecule has 1 N–H and O–H groups in total. The Hall–Kier alpha value is -1.69. The van der Waals surface area contributed by atoms with E-state index in [0.717, 1.165) is 10.6 Å². The maximum atomic E-state index is 12.3. The van der Waals surface area contributed by atoms with Crippen LogP contribution >= 0.6 is 11.8 Å². The first-order chi connectivity index (χ1) is 10.1. The number of fused-ring (bicyclic) bond motifs is 1. The number of para-hydroxylation sites is 1. The Kier molecular flexibility index (Phi) is 4.05. The summed E-state index contributed by atoms with van der Waals surface area (Å²) in [5.74, 6) is 1.43. The second kappa shape index (κ2) is 5.97. The van der Waals surface area contributed by atoms with Crippen LogP contribution in [-0.4, -0.2) is 48.2 Å². The first-order valence-corrected chi connectivity index (χ1v) is 8.05. The van der Waals surface area contributed by atoms with Gasteiger partial charge >= 0.3 is 0 Å². The van der Waals surface area contributed by atoms with Gasteiger partial charge in [-0.05, 0) is 18.6 Å². The van der Waals surface area contributed by atoms with Crippen molar-refractivity contribution >= 4 is 23.6 Å². The molecule has 2 unspecified atom stereocenters. The average molecular weight is 306 g/mol. The minimum atomic E-state index is -0.465. The highest BCUT2D eigenvalue weighted by molar-refractivity contribution is 7.99. The van der Waals surface area contributed by atoms with E-state index in [1.807, 2.05) is 24.3 Å². The lowest BCUT2D eigenvalue weighted by Crippen LogP contribution is -2.52. The minimum Gasteiger partial charge on any atom is -0.479 e. The Morgan fingerprint density at radius 2 is 2.24 bits per heavy atom. The molecule has 21 heavy (non-hydrogen) atoms. The molecule has 0 saturated carbocycles. The summed E-state index contributed by atoms with van der Waals surface area (Å²) in [5.41, 5.74) is 0. The van der Waals surface area contributed by atoms with Crippen LogP contribution in [-0.2, 0) is 9.59 Å². The molecule has 2 atom stereocenters. The van der Waals surface area contributed by atoms with E-state index in [-0.39, 0.29) is 17.9 Å². The normalized spacial score (nSPS) is 25.0. The molecule has 1 aromatic carbocycles. The van der Waals surface area contributed by atoms with Crippen molar-refractivity contribution in [3.63, 3.8) is 0 Å². The van der Waals surface area contributed by atoms with Gasteiger partial charge in [-0.3, -0.25) is 9.59 Å². The Bertz CT molecular complexity index is 564. The fraction of sp³-hybridized carbons (Fsp3) is 0.467.